The molecule has 1 aliphatic carbocycles. The van der Waals surface area contributed by atoms with Crippen LogP contribution in [0.3, 0.4) is 0 Å². The fraction of sp³-hybridized carbons (Fsp3) is 0.857. The minimum absolute atomic E-state index is 0.570. The highest BCUT2D eigenvalue weighted by Crippen LogP contribution is 2.34. The molecule has 16 heavy (non-hydrogen) atoms. The monoisotopic (exact) mass is 222 g/mol. The zero-order valence-electron chi connectivity index (χ0n) is 10.9. The third kappa shape index (κ3) is 3.08. The molecule has 2 fully saturated rings. The van der Waals surface area contributed by atoms with E-state index in [-0.39, 0.29) is 0 Å². The SMILES string of the molecule is CC(CNCC1(C)CCCCC1)=C1CNC1. The number of nitrogens with one attached hydrogen (secondary N) is 2. The summed E-state index contributed by atoms with van der Waals surface area (Å²) in [5, 5.41) is 6.96. The van der Waals surface area contributed by atoms with Crippen molar-refractivity contribution in [3.05, 3.63) is 11.1 Å². The molecule has 0 aromatic carbocycles. The van der Waals surface area contributed by atoms with E-state index in [1.54, 1.807) is 11.1 Å². The van der Waals surface area contributed by atoms with E-state index in [1.807, 2.05) is 0 Å². The summed E-state index contributed by atoms with van der Waals surface area (Å²) in [7, 11) is 0. The van der Waals surface area contributed by atoms with E-state index in [9.17, 15) is 0 Å². The fourth-order valence-electron chi connectivity index (χ4n) is 2.81. The Hall–Kier alpha value is -0.340. The third-order valence-corrected chi connectivity index (χ3v) is 4.28. The van der Waals surface area contributed by atoms with E-state index < -0.39 is 0 Å². The molecular weight excluding hydrogens is 196 g/mol. The highest BCUT2D eigenvalue weighted by molar-refractivity contribution is 5.22. The highest BCUT2D eigenvalue weighted by atomic mass is 14.9. The summed E-state index contributed by atoms with van der Waals surface area (Å²) in [6.07, 6.45) is 7.14. The van der Waals surface area contributed by atoms with Crippen LogP contribution in [-0.4, -0.2) is 26.2 Å². The van der Waals surface area contributed by atoms with Crippen LogP contribution in [0.4, 0.5) is 0 Å². The number of hydrogen-bond donors (Lipinski definition) is 2. The molecule has 0 bridgehead atoms. The van der Waals surface area contributed by atoms with Crippen molar-refractivity contribution in [2.45, 2.75) is 46.0 Å². The Morgan fingerprint density at radius 3 is 2.50 bits per heavy atom. The lowest BCUT2D eigenvalue weighted by Crippen LogP contribution is -2.38. The smallest absolute Gasteiger partial charge is 0.0183 e. The summed E-state index contributed by atoms with van der Waals surface area (Å²) in [4.78, 5) is 0. The zero-order valence-corrected chi connectivity index (χ0v) is 10.9. The maximum atomic E-state index is 3.66. The lowest BCUT2D eigenvalue weighted by atomic mass is 9.76. The Balaban J connectivity index is 1.70. The van der Waals surface area contributed by atoms with Gasteiger partial charge in [0.25, 0.3) is 0 Å². The molecule has 0 spiro atoms. The van der Waals surface area contributed by atoms with Crippen LogP contribution in [0.1, 0.15) is 46.0 Å². The predicted molar refractivity (Wildman–Crippen MR) is 69.6 cm³/mol. The second kappa shape index (κ2) is 5.33. The summed E-state index contributed by atoms with van der Waals surface area (Å²) in [6.45, 7) is 9.24. The molecule has 2 rings (SSSR count). The first kappa shape index (κ1) is 12.1. The Morgan fingerprint density at radius 2 is 1.94 bits per heavy atom. The third-order valence-electron chi connectivity index (χ3n) is 4.28. The van der Waals surface area contributed by atoms with Gasteiger partial charge in [-0.3, -0.25) is 0 Å². The van der Waals surface area contributed by atoms with Crippen molar-refractivity contribution < 1.29 is 0 Å². The summed E-state index contributed by atoms with van der Waals surface area (Å²) in [5.74, 6) is 0. The molecule has 1 saturated heterocycles. The highest BCUT2D eigenvalue weighted by Gasteiger charge is 2.26. The summed E-state index contributed by atoms with van der Waals surface area (Å²) < 4.78 is 0. The van der Waals surface area contributed by atoms with Crippen LogP contribution in [0.5, 0.6) is 0 Å². The van der Waals surface area contributed by atoms with Crippen molar-refractivity contribution in [1.29, 1.82) is 0 Å². The number of rotatable bonds is 4. The second-order valence-electron chi connectivity index (χ2n) is 5.96. The molecule has 1 saturated carbocycles. The zero-order chi connectivity index (χ0) is 11.4. The maximum absolute atomic E-state index is 3.66. The van der Waals surface area contributed by atoms with Gasteiger partial charge in [0.2, 0.25) is 0 Å². The van der Waals surface area contributed by atoms with Crippen molar-refractivity contribution in [3.63, 3.8) is 0 Å². The average Bonchev–Trinajstić information content (AvgIpc) is 2.15. The van der Waals surface area contributed by atoms with Crippen LogP contribution in [0.25, 0.3) is 0 Å². The summed E-state index contributed by atoms with van der Waals surface area (Å²) in [5.41, 5.74) is 3.74. The first-order valence-corrected chi connectivity index (χ1v) is 6.79. The van der Waals surface area contributed by atoms with Gasteiger partial charge in [-0.1, -0.05) is 31.8 Å². The van der Waals surface area contributed by atoms with Gasteiger partial charge in [0.1, 0.15) is 0 Å². The van der Waals surface area contributed by atoms with E-state index in [0.29, 0.717) is 5.41 Å². The molecule has 0 aromatic heterocycles. The summed E-state index contributed by atoms with van der Waals surface area (Å²) in [6, 6.07) is 0. The normalized spacial score (nSPS) is 24.0. The lowest BCUT2D eigenvalue weighted by molar-refractivity contribution is 0.210. The van der Waals surface area contributed by atoms with Gasteiger partial charge in [0.15, 0.2) is 0 Å². The minimum atomic E-state index is 0.570. The molecule has 92 valence electrons. The van der Waals surface area contributed by atoms with Gasteiger partial charge in [0, 0.05) is 26.2 Å². The largest absolute Gasteiger partial charge is 0.312 e. The van der Waals surface area contributed by atoms with Gasteiger partial charge in [-0.05, 0) is 30.8 Å². The molecule has 2 nitrogen and oxygen atoms in total. The Labute approximate surface area is 99.9 Å². The molecule has 0 radical (unpaired) electrons. The quantitative estimate of drug-likeness (QED) is 0.714. The van der Waals surface area contributed by atoms with Gasteiger partial charge in [-0.15, -0.1) is 0 Å². The molecule has 1 aliphatic heterocycles. The first-order valence-electron chi connectivity index (χ1n) is 6.79. The molecule has 0 amide bonds. The lowest BCUT2D eigenvalue weighted by Gasteiger charge is -2.34. The van der Waals surface area contributed by atoms with Crippen LogP contribution in [0, 0.1) is 5.41 Å². The van der Waals surface area contributed by atoms with Crippen molar-refractivity contribution in [1.82, 2.24) is 10.6 Å². The molecule has 0 unspecified atom stereocenters. The van der Waals surface area contributed by atoms with Crippen molar-refractivity contribution in [3.8, 4) is 0 Å². The molecule has 1 heterocycles. The molecular formula is C14H26N2. The van der Waals surface area contributed by atoms with Gasteiger partial charge in [-0.2, -0.15) is 0 Å². The summed E-state index contributed by atoms with van der Waals surface area (Å²) >= 11 is 0. The van der Waals surface area contributed by atoms with E-state index in [4.69, 9.17) is 0 Å². The molecule has 0 atom stereocenters. The Bertz CT molecular complexity index is 256. The van der Waals surface area contributed by atoms with Crippen LogP contribution in [0.15, 0.2) is 11.1 Å². The minimum Gasteiger partial charge on any atom is -0.312 e. The fourth-order valence-corrected chi connectivity index (χ4v) is 2.81. The van der Waals surface area contributed by atoms with Crippen LogP contribution in [0.2, 0.25) is 0 Å². The van der Waals surface area contributed by atoms with Gasteiger partial charge < -0.3 is 10.6 Å². The molecule has 2 aliphatic rings. The van der Waals surface area contributed by atoms with E-state index in [0.717, 1.165) is 19.6 Å². The first-order chi connectivity index (χ1) is 7.70. The predicted octanol–water partition coefficient (Wildman–Crippen LogP) is 2.47. The van der Waals surface area contributed by atoms with E-state index in [2.05, 4.69) is 24.5 Å². The van der Waals surface area contributed by atoms with Crippen molar-refractivity contribution >= 4 is 0 Å². The Morgan fingerprint density at radius 1 is 1.25 bits per heavy atom. The van der Waals surface area contributed by atoms with Crippen molar-refractivity contribution in [2.75, 3.05) is 26.2 Å². The van der Waals surface area contributed by atoms with E-state index in [1.165, 1.54) is 38.6 Å². The average molecular weight is 222 g/mol. The van der Waals surface area contributed by atoms with Crippen LogP contribution in [-0.2, 0) is 0 Å². The van der Waals surface area contributed by atoms with E-state index >= 15 is 0 Å². The standard InChI is InChI=1S/C14H26N2/c1-12(13-9-15-10-13)8-16-11-14(2)6-4-3-5-7-14/h15-16H,3-11H2,1-2H3. The topological polar surface area (TPSA) is 24.1 Å². The maximum Gasteiger partial charge on any atom is 0.0183 e. The van der Waals surface area contributed by atoms with Gasteiger partial charge in [-0.25, -0.2) is 0 Å². The number of hydrogen-bond acceptors (Lipinski definition) is 2. The van der Waals surface area contributed by atoms with Crippen LogP contribution < -0.4 is 10.6 Å². The molecule has 0 aromatic rings. The molecule has 2 heteroatoms. The van der Waals surface area contributed by atoms with Crippen LogP contribution >= 0.6 is 0 Å². The van der Waals surface area contributed by atoms with Gasteiger partial charge in [0.05, 0.1) is 0 Å². The Kier molecular flexibility index (Phi) is 4.04. The van der Waals surface area contributed by atoms with Crippen molar-refractivity contribution in [2.24, 2.45) is 5.41 Å². The second-order valence-corrected chi connectivity index (χ2v) is 5.96. The van der Waals surface area contributed by atoms with Gasteiger partial charge >= 0.3 is 0 Å². The molecule has 2 N–H and O–H groups in total.